The van der Waals surface area contributed by atoms with Gasteiger partial charge in [0.2, 0.25) is 0 Å². The first-order valence-corrected chi connectivity index (χ1v) is 17.3. The van der Waals surface area contributed by atoms with Crippen molar-refractivity contribution in [1.29, 1.82) is 0 Å². The Hall–Kier alpha value is -4.13. The van der Waals surface area contributed by atoms with Crippen LogP contribution in [0.15, 0.2) is 48.8 Å². The van der Waals surface area contributed by atoms with Crippen molar-refractivity contribution in [2.75, 3.05) is 73.0 Å². The zero-order chi connectivity index (χ0) is 33.1. The topological polar surface area (TPSA) is 117 Å². The van der Waals surface area contributed by atoms with Gasteiger partial charge in [-0.1, -0.05) is 38.8 Å². The fraction of sp³-hybridized carbons (Fsp3) is 0.429. The summed E-state index contributed by atoms with van der Waals surface area (Å²) in [5.74, 6) is 1.84. The van der Waals surface area contributed by atoms with Crippen molar-refractivity contribution in [3.63, 3.8) is 0 Å². The van der Waals surface area contributed by atoms with Crippen molar-refractivity contribution in [2.45, 2.75) is 45.6 Å². The molecule has 2 aliphatic heterocycles. The monoisotopic (exact) mass is 656 g/mol. The Morgan fingerprint density at radius 2 is 1.81 bits per heavy atom. The number of methoxy groups -OCH3 is 1. The molecule has 47 heavy (non-hydrogen) atoms. The van der Waals surface area contributed by atoms with Gasteiger partial charge in [0, 0.05) is 49.7 Å². The van der Waals surface area contributed by atoms with Crippen LogP contribution in [0, 0.1) is 6.92 Å². The number of fused-ring (bicyclic) bond motifs is 1. The lowest BCUT2D eigenvalue weighted by Gasteiger charge is -2.32. The number of benzene rings is 2. The van der Waals surface area contributed by atoms with Crippen LogP contribution in [0.2, 0.25) is 0 Å². The van der Waals surface area contributed by atoms with Gasteiger partial charge in [-0.2, -0.15) is 0 Å². The Labute approximate surface area is 281 Å². The number of rotatable bonds is 9. The van der Waals surface area contributed by atoms with Crippen LogP contribution in [-0.4, -0.2) is 84.6 Å². The Morgan fingerprint density at radius 1 is 1.02 bits per heavy atom. The van der Waals surface area contributed by atoms with E-state index < -0.39 is 0 Å². The normalized spacial score (nSPS) is 17.1. The number of carbonyl (C=O) groups excluding carboxylic acids is 1. The van der Waals surface area contributed by atoms with Crippen LogP contribution in [-0.2, 0) is 10.2 Å². The van der Waals surface area contributed by atoms with Gasteiger partial charge in [0.05, 0.1) is 37.2 Å². The van der Waals surface area contributed by atoms with E-state index in [0.29, 0.717) is 34.4 Å². The first-order chi connectivity index (χ1) is 22.6. The number of nitrogens with one attached hydrogen (secondary N) is 3. The standard InChI is InChI=1S/C35H44N8O3S/c1-22-7-8-23(34(44)39-28-18-24(35(2,3)4)19-29(41-47-6)32(28)45-5)17-27(22)38-33-31-26(36-21-37-33)9-10-30(40-31)43-12-11-25(20-43)42-13-15-46-16-14-42/h7-10,17-19,21,25,41H,11-16,20H2,1-6H3,(H,39,44)(H,36,37,38). The van der Waals surface area contributed by atoms with Crippen LogP contribution < -0.4 is 25.0 Å². The van der Waals surface area contributed by atoms with Crippen LogP contribution in [0.3, 0.4) is 0 Å². The van der Waals surface area contributed by atoms with Gasteiger partial charge in [0.1, 0.15) is 17.7 Å². The van der Waals surface area contributed by atoms with Crippen molar-refractivity contribution in [3.05, 3.63) is 65.5 Å². The molecule has 4 aromatic rings. The van der Waals surface area contributed by atoms with E-state index in [-0.39, 0.29) is 11.3 Å². The molecule has 12 heteroatoms. The van der Waals surface area contributed by atoms with Gasteiger partial charge >= 0.3 is 0 Å². The first-order valence-electron chi connectivity index (χ1n) is 16.0. The molecule has 2 aromatic carbocycles. The molecular formula is C35H44N8O3S. The number of aryl methyl sites for hydroxylation is 1. The zero-order valence-corrected chi connectivity index (χ0v) is 28.8. The quantitative estimate of drug-likeness (QED) is 0.178. The number of aromatic nitrogens is 3. The van der Waals surface area contributed by atoms with E-state index in [0.717, 1.165) is 79.6 Å². The smallest absolute Gasteiger partial charge is 0.255 e. The fourth-order valence-electron chi connectivity index (χ4n) is 6.17. The minimum Gasteiger partial charge on any atom is -0.492 e. The van der Waals surface area contributed by atoms with Gasteiger partial charge in [0.15, 0.2) is 11.6 Å². The Kier molecular flexibility index (Phi) is 9.72. The van der Waals surface area contributed by atoms with Gasteiger partial charge in [-0.25, -0.2) is 15.0 Å². The zero-order valence-electron chi connectivity index (χ0n) is 28.0. The maximum atomic E-state index is 13.7. The van der Waals surface area contributed by atoms with Crippen LogP contribution >= 0.6 is 11.9 Å². The molecule has 1 amide bonds. The van der Waals surface area contributed by atoms with Crippen molar-refractivity contribution < 1.29 is 14.3 Å². The van der Waals surface area contributed by atoms with E-state index in [1.807, 2.05) is 49.6 Å². The number of hydrogen-bond acceptors (Lipinski definition) is 11. The third kappa shape index (κ3) is 7.24. The predicted molar refractivity (Wildman–Crippen MR) is 192 cm³/mol. The third-order valence-corrected chi connectivity index (χ3v) is 9.31. The molecule has 1 unspecified atom stereocenters. The molecule has 3 N–H and O–H groups in total. The van der Waals surface area contributed by atoms with Crippen LogP contribution in [0.4, 0.5) is 28.7 Å². The van der Waals surface area contributed by atoms with Crippen molar-refractivity contribution in [1.82, 2.24) is 19.9 Å². The van der Waals surface area contributed by atoms with Crippen molar-refractivity contribution >= 4 is 57.6 Å². The fourth-order valence-corrected chi connectivity index (χ4v) is 6.54. The number of amides is 1. The van der Waals surface area contributed by atoms with Crippen LogP contribution in [0.5, 0.6) is 5.75 Å². The minimum absolute atomic E-state index is 0.130. The number of nitrogens with zero attached hydrogens (tertiary/aromatic N) is 5. The molecule has 0 aliphatic carbocycles. The Morgan fingerprint density at radius 3 is 2.55 bits per heavy atom. The second-order valence-electron chi connectivity index (χ2n) is 13.1. The Bertz CT molecular complexity index is 1760. The molecule has 0 bridgehead atoms. The summed E-state index contributed by atoms with van der Waals surface area (Å²) < 4.78 is 14.6. The summed E-state index contributed by atoms with van der Waals surface area (Å²) in [6, 6.07) is 14.2. The molecular weight excluding hydrogens is 613 g/mol. The highest BCUT2D eigenvalue weighted by atomic mass is 32.2. The molecule has 2 aliphatic rings. The van der Waals surface area contributed by atoms with Crippen molar-refractivity contribution in [2.24, 2.45) is 0 Å². The summed E-state index contributed by atoms with van der Waals surface area (Å²) in [5, 5.41) is 6.56. The molecule has 248 valence electrons. The van der Waals surface area contributed by atoms with Gasteiger partial charge in [-0.3, -0.25) is 9.69 Å². The van der Waals surface area contributed by atoms with E-state index in [4.69, 9.17) is 14.5 Å². The molecule has 4 heterocycles. The van der Waals surface area contributed by atoms with E-state index >= 15 is 0 Å². The maximum absolute atomic E-state index is 13.7. The highest BCUT2D eigenvalue weighted by Gasteiger charge is 2.30. The lowest BCUT2D eigenvalue weighted by atomic mass is 9.86. The number of ether oxygens (including phenoxy) is 2. The summed E-state index contributed by atoms with van der Waals surface area (Å²) in [7, 11) is 1.61. The van der Waals surface area contributed by atoms with E-state index in [9.17, 15) is 4.79 Å². The summed E-state index contributed by atoms with van der Waals surface area (Å²) >= 11 is 1.47. The van der Waals surface area contributed by atoms with E-state index in [1.165, 1.54) is 18.3 Å². The summed E-state index contributed by atoms with van der Waals surface area (Å²) in [6.07, 6.45) is 4.59. The average molecular weight is 657 g/mol. The second kappa shape index (κ2) is 13.9. The number of carbonyl (C=O) groups is 1. The SMILES string of the molecule is COc1c(NSC)cc(C(C)(C)C)cc1NC(=O)c1ccc(C)c(Nc2ncnc3ccc(N4CCC(N5CCOCC5)C4)nc23)c1. The molecule has 6 rings (SSSR count). The summed E-state index contributed by atoms with van der Waals surface area (Å²) in [4.78, 5) is 32.7. The lowest BCUT2D eigenvalue weighted by molar-refractivity contribution is 0.0209. The lowest BCUT2D eigenvalue weighted by Crippen LogP contribution is -2.44. The summed E-state index contributed by atoms with van der Waals surface area (Å²) in [5.41, 5.74) is 6.02. The highest BCUT2D eigenvalue weighted by Crippen LogP contribution is 2.40. The molecule has 0 saturated carbocycles. The minimum atomic E-state index is -0.246. The molecule has 1 atom stereocenters. The number of anilines is 5. The van der Waals surface area contributed by atoms with E-state index in [2.05, 4.69) is 62.0 Å². The number of pyridine rings is 1. The summed E-state index contributed by atoms with van der Waals surface area (Å²) in [6.45, 7) is 13.9. The molecule has 2 aromatic heterocycles. The predicted octanol–water partition coefficient (Wildman–Crippen LogP) is 6.24. The molecule has 0 radical (unpaired) electrons. The number of morpholine rings is 1. The first kappa shape index (κ1) is 32.8. The van der Waals surface area contributed by atoms with Gasteiger partial charge < -0.3 is 29.7 Å². The largest absolute Gasteiger partial charge is 0.492 e. The van der Waals surface area contributed by atoms with Gasteiger partial charge in [-0.05, 0) is 66.3 Å². The maximum Gasteiger partial charge on any atom is 0.255 e. The van der Waals surface area contributed by atoms with Gasteiger partial charge in [-0.15, -0.1) is 0 Å². The third-order valence-electron chi connectivity index (χ3n) is 8.89. The average Bonchev–Trinajstić information content (AvgIpc) is 3.56. The Balaban J connectivity index is 1.25. The second-order valence-corrected chi connectivity index (χ2v) is 13.7. The molecule has 0 spiro atoms. The molecule has 2 saturated heterocycles. The van der Waals surface area contributed by atoms with Crippen LogP contribution in [0.25, 0.3) is 11.0 Å². The molecule has 11 nitrogen and oxygen atoms in total. The highest BCUT2D eigenvalue weighted by molar-refractivity contribution is 7.99. The van der Waals surface area contributed by atoms with Crippen molar-refractivity contribution in [3.8, 4) is 5.75 Å². The van der Waals surface area contributed by atoms with Gasteiger partial charge in [0.25, 0.3) is 5.91 Å². The molecule has 2 fully saturated rings. The number of hydrogen-bond donors (Lipinski definition) is 3. The van der Waals surface area contributed by atoms with E-state index in [1.54, 1.807) is 7.11 Å². The van der Waals surface area contributed by atoms with Crippen LogP contribution in [0.1, 0.15) is 48.7 Å².